The normalized spacial score (nSPS) is 11.2. The molecule has 4 rings (SSSR count). The lowest BCUT2D eigenvalue weighted by atomic mass is 10.2. The van der Waals surface area contributed by atoms with E-state index in [2.05, 4.69) is 15.2 Å². The van der Waals surface area contributed by atoms with Crippen molar-refractivity contribution in [1.29, 1.82) is 0 Å². The molecule has 3 aromatic heterocycles. The molecule has 0 fully saturated rings. The second-order valence-electron chi connectivity index (χ2n) is 6.20. The van der Waals surface area contributed by atoms with Gasteiger partial charge in [0.25, 0.3) is 5.89 Å². The van der Waals surface area contributed by atoms with Gasteiger partial charge in [-0.05, 0) is 18.2 Å². The van der Waals surface area contributed by atoms with E-state index in [0.29, 0.717) is 33.7 Å². The number of fused-ring (bicyclic) bond motifs is 1. The van der Waals surface area contributed by atoms with Crippen LogP contribution in [0.1, 0.15) is 11.6 Å². The fourth-order valence-electron chi connectivity index (χ4n) is 2.89. The van der Waals surface area contributed by atoms with Gasteiger partial charge < -0.3 is 23.4 Å². The van der Waals surface area contributed by atoms with E-state index in [1.165, 1.54) is 44.8 Å². The van der Waals surface area contributed by atoms with Crippen molar-refractivity contribution in [3.63, 3.8) is 0 Å². The second-order valence-corrected chi connectivity index (χ2v) is 7.43. The average molecular weight is 477 g/mol. The zero-order chi connectivity index (χ0) is 22.7. The van der Waals surface area contributed by atoms with E-state index in [1.54, 1.807) is 16.5 Å². The van der Waals surface area contributed by atoms with Crippen molar-refractivity contribution in [2.24, 2.45) is 0 Å². The fraction of sp³-hybridized carbons (Fsp3) is 0.200. The van der Waals surface area contributed by atoms with Crippen LogP contribution in [0.25, 0.3) is 22.5 Å². The molecule has 0 radical (unpaired) electrons. The quantitative estimate of drug-likeness (QED) is 0.276. The van der Waals surface area contributed by atoms with Gasteiger partial charge in [0.05, 0.1) is 27.0 Å². The second kappa shape index (κ2) is 9.28. The van der Waals surface area contributed by atoms with Crippen molar-refractivity contribution in [2.45, 2.75) is 6.61 Å². The first-order valence-electron chi connectivity index (χ1n) is 9.12. The minimum atomic E-state index is -0.598. The van der Waals surface area contributed by atoms with Gasteiger partial charge in [0, 0.05) is 23.2 Å². The van der Waals surface area contributed by atoms with Crippen LogP contribution in [-0.2, 0) is 16.1 Å². The van der Waals surface area contributed by atoms with E-state index >= 15 is 0 Å². The Kier molecular flexibility index (Phi) is 6.28. The van der Waals surface area contributed by atoms with E-state index in [0.717, 1.165) is 4.96 Å². The molecular weight excluding hydrogens is 460 g/mol. The molecule has 0 aliphatic rings. The number of carbonyl (C=O) groups excluding carboxylic acids is 1. The standard InChI is InChI=1S/C20H17ClN4O6S/c1-27-13-8-11(9-14(28-2)17(13)29-3)19-24-23-15(31-19)10-30-16(26)5-4-12-18(21)22-20-25(12)6-7-32-20/h4-9H,10H2,1-3H3. The Hall–Kier alpha value is -3.57. The highest BCUT2D eigenvalue weighted by Gasteiger charge is 2.18. The Morgan fingerprint density at radius 3 is 2.62 bits per heavy atom. The molecule has 1 aromatic carbocycles. The SMILES string of the molecule is COc1cc(-c2nnc(COC(=O)C=Cc3c(Cl)nc4sccn34)o2)cc(OC)c1OC. The number of hydrogen-bond acceptors (Lipinski definition) is 10. The van der Waals surface area contributed by atoms with Crippen molar-refractivity contribution in [2.75, 3.05) is 21.3 Å². The monoisotopic (exact) mass is 476 g/mol. The van der Waals surface area contributed by atoms with E-state index in [4.69, 9.17) is 35.0 Å². The van der Waals surface area contributed by atoms with Crippen molar-refractivity contribution >= 4 is 39.9 Å². The number of methoxy groups -OCH3 is 3. The number of carbonyl (C=O) groups is 1. The number of thiazole rings is 1. The number of ether oxygens (including phenoxy) is 4. The summed E-state index contributed by atoms with van der Waals surface area (Å²) < 4.78 is 28.5. The van der Waals surface area contributed by atoms with Gasteiger partial charge in [-0.3, -0.25) is 4.40 Å². The Morgan fingerprint density at radius 1 is 1.19 bits per heavy atom. The summed E-state index contributed by atoms with van der Waals surface area (Å²) in [6, 6.07) is 3.35. The molecule has 0 aliphatic heterocycles. The van der Waals surface area contributed by atoms with Gasteiger partial charge in [-0.2, -0.15) is 0 Å². The van der Waals surface area contributed by atoms with Crippen LogP contribution in [0.5, 0.6) is 17.2 Å². The van der Waals surface area contributed by atoms with Gasteiger partial charge in [0.2, 0.25) is 11.6 Å². The number of esters is 1. The van der Waals surface area contributed by atoms with Gasteiger partial charge in [0.1, 0.15) is 0 Å². The van der Waals surface area contributed by atoms with Crippen LogP contribution >= 0.6 is 22.9 Å². The van der Waals surface area contributed by atoms with Crippen molar-refractivity contribution in [3.8, 4) is 28.7 Å². The summed E-state index contributed by atoms with van der Waals surface area (Å²) in [7, 11) is 4.53. The van der Waals surface area contributed by atoms with Gasteiger partial charge >= 0.3 is 5.97 Å². The van der Waals surface area contributed by atoms with Crippen LogP contribution in [0, 0.1) is 0 Å². The maximum atomic E-state index is 12.1. The molecule has 0 spiro atoms. The van der Waals surface area contributed by atoms with Gasteiger partial charge in [-0.25, -0.2) is 9.78 Å². The molecule has 0 unspecified atom stereocenters. The average Bonchev–Trinajstić information content (AvgIpc) is 3.52. The number of benzene rings is 1. The van der Waals surface area contributed by atoms with E-state index in [-0.39, 0.29) is 18.4 Å². The number of nitrogens with zero attached hydrogens (tertiary/aromatic N) is 4. The van der Waals surface area contributed by atoms with Crippen LogP contribution in [0.3, 0.4) is 0 Å². The van der Waals surface area contributed by atoms with Gasteiger partial charge in [0.15, 0.2) is 28.2 Å². The zero-order valence-corrected chi connectivity index (χ0v) is 18.8. The molecule has 0 saturated heterocycles. The lowest BCUT2D eigenvalue weighted by molar-refractivity contribution is -0.139. The molecule has 0 atom stereocenters. The first-order chi connectivity index (χ1) is 15.5. The summed E-state index contributed by atoms with van der Waals surface area (Å²) >= 11 is 7.54. The Labute approximate surface area is 191 Å². The largest absolute Gasteiger partial charge is 0.493 e. The van der Waals surface area contributed by atoms with Crippen LogP contribution in [0.15, 0.2) is 34.2 Å². The highest BCUT2D eigenvalue weighted by atomic mass is 35.5. The van der Waals surface area contributed by atoms with E-state index in [9.17, 15) is 4.79 Å². The summed E-state index contributed by atoms with van der Waals surface area (Å²) in [5.41, 5.74) is 1.14. The molecular formula is C20H17ClN4O6S. The Morgan fingerprint density at radius 2 is 1.94 bits per heavy atom. The van der Waals surface area contributed by atoms with Crippen LogP contribution in [0.4, 0.5) is 0 Å². The predicted molar refractivity (Wildman–Crippen MR) is 116 cm³/mol. The molecule has 0 N–H and O–H groups in total. The van der Waals surface area contributed by atoms with Gasteiger partial charge in [-0.15, -0.1) is 21.5 Å². The van der Waals surface area contributed by atoms with Crippen LogP contribution in [-0.4, -0.2) is 46.9 Å². The summed E-state index contributed by atoms with van der Waals surface area (Å²) in [5, 5.41) is 10.1. The van der Waals surface area contributed by atoms with E-state index < -0.39 is 5.97 Å². The summed E-state index contributed by atoms with van der Waals surface area (Å²) in [4.78, 5) is 17.0. The topological polar surface area (TPSA) is 110 Å². The highest BCUT2D eigenvalue weighted by Crippen LogP contribution is 2.40. The van der Waals surface area contributed by atoms with Crippen LogP contribution in [0.2, 0.25) is 5.15 Å². The molecule has 166 valence electrons. The molecule has 0 aliphatic carbocycles. The number of aromatic nitrogens is 4. The maximum Gasteiger partial charge on any atom is 0.331 e. The third-order valence-corrected chi connectivity index (χ3v) is 5.38. The maximum absolute atomic E-state index is 12.1. The fourth-order valence-corrected chi connectivity index (χ4v) is 3.89. The summed E-state index contributed by atoms with van der Waals surface area (Å²) in [6.45, 7) is -0.200. The third kappa shape index (κ3) is 4.25. The molecule has 4 aromatic rings. The molecule has 10 nitrogen and oxygen atoms in total. The summed E-state index contributed by atoms with van der Waals surface area (Å²) in [6.07, 6.45) is 4.60. The third-order valence-electron chi connectivity index (χ3n) is 4.35. The lowest BCUT2D eigenvalue weighted by Crippen LogP contribution is -2.01. The summed E-state index contributed by atoms with van der Waals surface area (Å²) in [5.74, 6) is 1.05. The minimum absolute atomic E-state index is 0.123. The first-order valence-corrected chi connectivity index (χ1v) is 10.4. The zero-order valence-electron chi connectivity index (χ0n) is 17.2. The van der Waals surface area contributed by atoms with Crippen LogP contribution < -0.4 is 14.2 Å². The highest BCUT2D eigenvalue weighted by molar-refractivity contribution is 7.15. The van der Waals surface area contributed by atoms with Crippen molar-refractivity contribution in [3.05, 3.63) is 46.5 Å². The number of hydrogen-bond donors (Lipinski definition) is 0. The number of imidazole rings is 1. The number of rotatable bonds is 8. The van der Waals surface area contributed by atoms with E-state index in [1.807, 2.05) is 11.6 Å². The smallest absolute Gasteiger partial charge is 0.331 e. The molecule has 0 amide bonds. The Balaban J connectivity index is 1.44. The Bertz CT molecular complexity index is 1270. The lowest BCUT2D eigenvalue weighted by Gasteiger charge is -2.12. The van der Waals surface area contributed by atoms with Gasteiger partial charge in [-0.1, -0.05) is 11.6 Å². The molecule has 0 saturated carbocycles. The van der Waals surface area contributed by atoms with Crippen molar-refractivity contribution in [1.82, 2.24) is 19.6 Å². The first kappa shape index (κ1) is 21.7. The van der Waals surface area contributed by atoms with Crippen molar-refractivity contribution < 1.29 is 28.2 Å². The molecule has 32 heavy (non-hydrogen) atoms. The molecule has 12 heteroatoms. The minimum Gasteiger partial charge on any atom is -0.493 e. The predicted octanol–water partition coefficient (Wildman–Crippen LogP) is 3.88. The molecule has 0 bridgehead atoms. The number of halogens is 1. The molecule has 3 heterocycles.